The van der Waals surface area contributed by atoms with E-state index in [1.54, 1.807) is 6.07 Å². The van der Waals surface area contributed by atoms with Crippen LogP contribution in [0.1, 0.15) is 18.1 Å². The standard InChI is InChI=1S/C18H15NO4/c1-2-21-15-6-4-3-5-11(15)7-13-12-8-16-17(23-10-22-16)9-14(12)19-18(13)20/h3-9H,2,10H2,1H3,(H,19,20)/b13-7+. The fourth-order valence-electron chi connectivity index (χ4n) is 2.77. The smallest absolute Gasteiger partial charge is 0.256 e. The number of benzene rings is 2. The highest BCUT2D eigenvalue weighted by Crippen LogP contribution is 2.43. The van der Waals surface area contributed by atoms with Gasteiger partial charge in [-0.3, -0.25) is 4.79 Å². The van der Waals surface area contributed by atoms with Gasteiger partial charge in [0.1, 0.15) is 5.75 Å². The lowest BCUT2D eigenvalue weighted by Crippen LogP contribution is -2.04. The van der Waals surface area contributed by atoms with E-state index in [-0.39, 0.29) is 12.7 Å². The molecule has 0 bridgehead atoms. The molecule has 0 aliphatic carbocycles. The number of para-hydroxylation sites is 1. The highest BCUT2D eigenvalue weighted by atomic mass is 16.7. The van der Waals surface area contributed by atoms with E-state index < -0.39 is 0 Å². The Balaban J connectivity index is 1.80. The van der Waals surface area contributed by atoms with Crippen LogP contribution in [0.15, 0.2) is 36.4 Å². The van der Waals surface area contributed by atoms with Gasteiger partial charge in [0.2, 0.25) is 6.79 Å². The number of rotatable bonds is 3. The van der Waals surface area contributed by atoms with Crippen LogP contribution in [-0.4, -0.2) is 19.3 Å². The Morgan fingerprint density at radius 2 is 2.00 bits per heavy atom. The van der Waals surface area contributed by atoms with Crippen LogP contribution >= 0.6 is 0 Å². The second kappa shape index (κ2) is 5.35. The largest absolute Gasteiger partial charge is 0.493 e. The van der Waals surface area contributed by atoms with Crippen LogP contribution in [-0.2, 0) is 4.79 Å². The molecule has 0 fully saturated rings. The molecule has 0 spiro atoms. The van der Waals surface area contributed by atoms with E-state index in [0.717, 1.165) is 22.6 Å². The first-order valence-corrected chi connectivity index (χ1v) is 7.45. The third-order valence-electron chi connectivity index (χ3n) is 3.81. The summed E-state index contributed by atoms with van der Waals surface area (Å²) >= 11 is 0. The molecule has 0 unspecified atom stereocenters. The second-order valence-electron chi connectivity index (χ2n) is 5.23. The molecule has 1 amide bonds. The van der Waals surface area contributed by atoms with Crippen molar-refractivity contribution in [3.63, 3.8) is 0 Å². The van der Waals surface area contributed by atoms with E-state index in [0.29, 0.717) is 23.7 Å². The zero-order chi connectivity index (χ0) is 15.8. The number of amides is 1. The Labute approximate surface area is 133 Å². The number of carbonyl (C=O) groups excluding carboxylic acids is 1. The maximum absolute atomic E-state index is 12.3. The van der Waals surface area contributed by atoms with Crippen molar-refractivity contribution in [2.24, 2.45) is 0 Å². The molecular weight excluding hydrogens is 294 g/mol. The third kappa shape index (κ3) is 2.30. The minimum absolute atomic E-state index is 0.144. The Morgan fingerprint density at radius 3 is 2.83 bits per heavy atom. The van der Waals surface area contributed by atoms with E-state index in [4.69, 9.17) is 14.2 Å². The normalized spacial score (nSPS) is 16.4. The minimum Gasteiger partial charge on any atom is -0.493 e. The lowest BCUT2D eigenvalue weighted by atomic mass is 10.0. The number of ether oxygens (including phenoxy) is 3. The number of carbonyl (C=O) groups is 1. The van der Waals surface area contributed by atoms with Gasteiger partial charge in [0, 0.05) is 22.8 Å². The summed E-state index contributed by atoms with van der Waals surface area (Å²) in [6, 6.07) is 11.3. The first-order valence-electron chi connectivity index (χ1n) is 7.45. The van der Waals surface area contributed by atoms with Crippen molar-refractivity contribution < 1.29 is 19.0 Å². The van der Waals surface area contributed by atoms with E-state index in [1.165, 1.54) is 0 Å². The van der Waals surface area contributed by atoms with E-state index in [9.17, 15) is 4.79 Å². The molecular formula is C18H15NO4. The molecule has 2 aliphatic heterocycles. The summed E-state index contributed by atoms with van der Waals surface area (Å²) in [5, 5.41) is 2.87. The summed E-state index contributed by atoms with van der Waals surface area (Å²) in [6.07, 6.45) is 1.84. The molecule has 2 aromatic carbocycles. The molecule has 0 aromatic heterocycles. The van der Waals surface area contributed by atoms with E-state index in [1.807, 2.05) is 43.3 Å². The van der Waals surface area contributed by atoms with Gasteiger partial charge in [-0.15, -0.1) is 0 Å². The van der Waals surface area contributed by atoms with Gasteiger partial charge in [0.25, 0.3) is 5.91 Å². The zero-order valence-corrected chi connectivity index (χ0v) is 12.6. The van der Waals surface area contributed by atoms with Gasteiger partial charge in [-0.2, -0.15) is 0 Å². The van der Waals surface area contributed by atoms with Crippen molar-refractivity contribution in [1.82, 2.24) is 0 Å². The van der Waals surface area contributed by atoms with Crippen LogP contribution in [0.3, 0.4) is 0 Å². The molecule has 116 valence electrons. The topological polar surface area (TPSA) is 56.8 Å². The van der Waals surface area contributed by atoms with Gasteiger partial charge in [0.15, 0.2) is 11.5 Å². The van der Waals surface area contributed by atoms with Gasteiger partial charge >= 0.3 is 0 Å². The summed E-state index contributed by atoms with van der Waals surface area (Å²) in [5.74, 6) is 1.92. The van der Waals surface area contributed by atoms with Gasteiger partial charge in [0.05, 0.1) is 12.3 Å². The van der Waals surface area contributed by atoms with E-state index in [2.05, 4.69) is 5.32 Å². The molecule has 2 aliphatic rings. The Morgan fingerprint density at radius 1 is 1.22 bits per heavy atom. The third-order valence-corrected chi connectivity index (χ3v) is 3.81. The molecule has 4 rings (SSSR count). The first kappa shape index (κ1) is 13.7. The van der Waals surface area contributed by atoms with Gasteiger partial charge < -0.3 is 19.5 Å². The summed E-state index contributed by atoms with van der Waals surface area (Å²) in [6.45, 7) is 2.71. The molecule has 2 heterocycles. The second-order valence-corrected chi connectivity index (χ2v) is 5.23. The molecule has 0 saturated heterocycles. The quantitative estimate of drug-likeness (QED) is 0.884. The lowest BCUT2D eigenvalue weighted by Gasteiger charge is -2.07. The minimum atomic E-state index is -0.144. The molecule has 2 aromatic rings. The number of fused-ring (bicyclic) bond motifs is 2. The predicted octanol–water partition coefficient (Wildman–Crippen LogP) is 3.31. The SMILES string of the molecule is CCOc1ccccc1/C=C1/C(=O)Nc2cc3c(cc21)OCO3. The summed E-state index contributed by atoms with van der Waals surface area (Å²) < 4.78 is 16.4. The molecule has 1 N–H and O–H groups in total. The molecule has 5 nitrogen and oxygen atoms in total. The number of hydrogen-bond acceptors (Lipinski definition) is 4. The molecule has 23 heavy (non-hydrogen) atoms. The van der Waals surface area contributed by atoms with Crippen LogP contribution < -0.4 is 19.5 Å². The number of hydrogen-bond donors (Lipinski definition) is 1. The van der Waals surface area contributed by atoms with Crippen molar-refractivity contribution >= 4 is 23.2 Å². The average Bonchev–Trinajstić information content (AvgIpc) is 3.11. The fourth-order valence-corrected chi connectivity index (χ4v) is 2.77. The lowest BCUT2D eigenvalue weighted by molar-refractivity contribution is -0.110. The van der Waals surface area contributed by atoms with Gasteiger partial charge in [-0.1, -0.05) is 18.2 Å². The van der Waals surface area contributed by atoms with Crippen LogP contribution in [0.2, 0.25) is 0 Å². The summed E-state index contributed by atoms with van der Waals surface area (Å²) in [4.78, 5) is 12.3. The van der Waals surface area contributed by atoms with Gasteiger partial charge in [-0.25, -0.2) is 0 Å². The zero-order valence-electron chi connectivity index (χ0n) is 12.6. The monoisotopic (exact) mass is 309 g/mol. The van der Waals surface area contributed by atoms with Crippen molar-refractivity contribution in [2.75, 3.05) is 18.7 Å². The Bertz CT molecular complexity index is 826. The van der Waals surface area contributed by atoms with Crippen molar-refractivity contribution in [3.8, 4) is 17.2 Å². The molecule has 5 heteroatoms. The highest BCUT2D eigenvalue weighted by Gasteiger charge is 2.28. The fraction of sp³-hybridized carbons (Fsp3) is 0.167. The van der Waals surface area contributed by atoms with Crippen molar-refractivity contribution in [2.45, 2.75) is 6.92 Å². The van der Waals surface area contributed by atoms with Crippen LogP contribution in [0, 0.1) is 0 Å². The number of anilines is 1. The number of nitrogens with one attached hydrogen (secondary N) is 1. The van der Waals surface area contributed by atoms with Crippen LogP contribution in [0.4, 0.5) is 5.69 Å². The highest BCUT2D eigenvalue weighted by molar-refractivity contribution is 6.35. The molecule has 0 radical (unpaired) electrons. The van der Waals surface area contributed by atoms with E-state index >= 15 is 0 Å². The molecule has 0 saturated carbocycles. The maximum atomic E-state index is 12.3. The van der Waals surface area contributed by atoms with Crippen molar-refractivity contribution in [1.29, 1.82) is 0 Å². The summed E-state index contributed by atoms with van der Waals surface area (Å²) in [7, 11) is 0. The van der Waals surface area contributed by atoms with Gasteiger partial charge in [-0.05, 0) is 25.1 Å². The summed E-state index contributed by atoms with van der Waals surface area (Å²) in [5.41, 5.74) is 3.00. The molecule has 0 atom stereocenters. The first-order chi connectivity index (χ1) is 11.3. The van der Waals surface area contributed by atoms with Crippen LogP contribution in [0.25, 0.3) is 11.6 Å². The van der Waals surface area contributed by atoms with Crippen molar-refractivity contribution in [3.05, 3.63) is 47.5 Å². The van der Waals surface area contributed by atoms with Crippen LogP contribution in [0.5, 0.6) is 17.2 Å². The Hall–Kier alpha value is -2.95. The Kier molecular flexibility index (Phi) is 3.19. The maximum Gasteiger partial charge on any atom is 0.256 e. The average molecular weight is 309 g/mol. The predicted molar refractivity (Wildman–Crippen MR) is 86.7 cm³/mol.